The Hall–Kier alpha value is -2.27. The largest absolute Gasteiger partial charge is 0.354 e. The topological polar surface area (TPSA) is 45.6 Å². The smallest absolute Gasteiger partial charge is 0.255 e. The molecule has 2 fully saturated rings. The van der Waals surface area contributed by atoms with E-state index in [1.165, 1.54) is 0 Å². The summed E-state index contributed by atoms with van der Waals surface area (Å²) in [6, 6.07) is 9.54. The fraction of sp³-hybridized carbons (Fsp3) is 0.455. The molecular formula is C22H26ClN3O2. The zero-order chi connectivity index (χ0) is 19.9. The van der Waals surface area contributed by atoms with Crippen molar-refractivity contribution in [3.8, 4) is 0 Å². The fourth-order valence-electron chi connectivity index (χ4n) is 4.40. The first-order valence-electron chi connectivity index (χ1n) is 9.85. The number of nitrogens with zero attached hydrogens (tertiary/aromatic N) is 3. The van der Waals surface area contributed by atoms with E-state index in [1.807, 2.05) is 64.9 Å². The van der Waals surface area contributed by atoms with Gasteiger partial charge in [0.25, 0.3) is 5.91 Å². The maximum atomic E-state index is 13.4. The van der Waals surface area contributed by atoms with Gasteiger partial charge in [0.05, 0.1) is 11.0 Å². The number of rotatable bonds is 4. The Bertz CT molecular complexity index is 891. The maximum Gasteiger partial charge on any atom is 0.255 e. The molecule has 0 atom stereocenters. The first-order valence-corrected chi connectivity index (χ1v) is 10.2. The molecule has 3 heterocycles. The minimum absolute atomic E-state index is 0.0130. The van der Waals surface area contributed by atoms with E-state index in [4.69, 9.17) is 11.6 Å². The maximum absolute atomic E-state index is 13.4. The van der Waals surface area contributed by atoms with Crippen LogP contribution in [-0.4, -0.2) is 52.4 Å². The molecule has 0 unspecified atom stereocenters. The van der Waals surface area contributed by atoms with Gasteiger partial charge < -0.3 is 14.4 Å². The third-order valence-corrected chi connectivity index (χ3v) is 6.44. The molecule has 2 saturated heterocycles. The summed E-state index contributed by atoms with van der Waals surface area (Å²) in [4.78, 5) is 30.1. The van der Waals surface area contributed by atoms with E-state index in [2.05, 4.69) is 0 Å². The molecule has 4 rings (SSSR count). The number of carbonyl (C=O) groups is 2. The minimum atomic E-state index is -0.531. The van der Waals surface area contributed by atoms with Crippen molar-refractivity contribution in [2.24, 2.45) is 12.5 Å². The van der Waals surface area contributed by atoms with Gasteiger partial charge in [-0.05, 0) is 49.9 Å². The van der Waals surface area contributed by atoms with Crippen molar-refractivity contribution in [2.45, 2.75) is 26.2 Å². The van der Waals surface area contributed by atoms with E-state index in [0.717, 1.165) is 42.8 Å². The summed E-state index contributed by atoms with van der Waals surface area (Å²) in [7, 11) is 1.93. The van der Waals surface area contributed by atoms with Crippen molar-refractivity contribution in [3.63, 3.8) is 0 Å². The highest BCUT2D eigenvalue weighted by Gasteiger charge is 2.52. The lowest BCUT2D eigenvalue weighted by atomic mass is 9.73. The molecule has 2 amide bonds. The van der Waals surface area contributed by atoms with Gasteiger partial charge in [-0.15, -0.1) is 0 Å². The number of aromatic nitrogens is 1. The molecular weight excluding hydrogens is 374 g/mol. The first-order chi connectivity index (χ1) is 13.4. The molecule has 0 radical (unpaired) electrons. The Labute approximate surface area is 170 Å². The quantitative estimate of drug-likeness (QED) is 0.791. The molecule has 0 saturated carbocycles. The second-order valence-electron chi connectivity index (χ2n) is 8.17. The Balaban J connectivity index is 1.55. The summed E-state index contributed by atoms with van der Waals surface area (Å²) in [6.45, 7) is 4.54. The highest BCUT2D eigenvalue weighted by molar-refractivity contribution is 6.30. The zero-order valence-electron chi connectivity index (χ0n) is 16.4. The number of aryl methyl sites for hydroxylation is 1. The summed E-state index contributed by atoms with van der Waals surface area (Å²) in [5, 5.41) is 0.689. The number of hydrogen-bond acceptors (Lipinski definition) is 2. The van der Waals surface area contributed by atoms with Crippen LogP contribution in [0.3, 0.4) is 0 Å². The summed E-state index contributed by atoms with van der Waals surface area (Å²) in [6.07, 6.45) is 4.67. The van der Waals surface area contributed by atoms with E-state index < -0.39 is 5.41 Å². The molecule has 2 aliphatic rings. The normalized spacial score (nSPS) is 18.2. The number of halogens is 1. The van der Waals surface area contributed by atoms with Crippen molar-refractivity contribution in [2.75, 3.05) is 26.2 Å². The molecule has 1 aromatic heterocycles. The summed E-state index contributed by atoms with van der Waals surface area (Å²) >= 11 is 6.02. The predicted octanol–water partition coefficient (Wildman–Crippen LogP) is 3.29. The van der Waals surface area contributed by atoms with Crippen LogP contribution in [0.25, 0.3) is 0 Å². The number of hydrogen-bond donors (Lipinski definition) is 0. The highest BCUT2D eigenvalue weighted by Crippen LogP contribution is 2.38. The lowest BCUT2D eigenvalue weighted by molar-refractivity contribution is -0.149. The monoisotopic (exact) mass is 399 g/mol. The molecule has 148 valence electrons. The Kier molecular flexibility index (Phi) is 4.96. The molecule has 2 aromatic rings. The van der Waals surface area contributed by atoms with Crippen LogP contribution in [-0.2, 0) is 18.3 Å². The number of likely N-dealkylation sites (tertiary alicyclic amines) is 2. The molecule has 5 nitrogen and oxygen atoms in total. The van der Waals surface area contributed by atoms with Gasteiger partial charge in [-0.25, -0.2) is 0 Å². The molecule has 6 heteroatoms. The van der Waals surface area contributed by atoms with Crippen LogP contribution < -0.4 is 0 Å². The van der Waals surface area contributed by atoms with Gasteiger partial charge in [-0.1, -0.05) is 23.7 Å². The van der Waals surface area contributed by atoms with Crippen LogP contribution in [0.2, 0.25) is 5.02 Å². The SMILES string of the molecule is Cc1c(C(=O)N2CC(Cc3ccc(Cl)cc3)(C(=O)N3CCCC3)C2)ccn1C. The van der Waals surface area contributed by atoms with Crippen LogP contribution in [0.1, 0.15) is 34.5 Å². The molecule has 0 aliphatic carbocycles. The fourth-order valence-corrected chi connectivity index (χ4v) is 4.53. The summed E-state index contributed by atoms with van der Waals surface area (Å²) in [5.74, 6) is 0.202. The average molecular weight is 400 g/mol. The lowest BCUT2D eigenvalue weighted by Gasteiger charge is -2.50. The minimum Gasteiger partial charge on any atom is -0.354 e. The summed E-state index contributed by atoms with van der Waals surface area (Å²) < 4.78 is 1.95. The molecule has 0 spiro atoms. The van der Waals surface area contributed by atoms with Gasteiger partial charge >= 0.3 is 0 Å². The van der Waals surface area contributed by atoms with Crippen molar-refractivity contribution in [1.82, 2.24) is 14.4 Å². The number of benzene rings is 1. The molecule has 2 aliphatic heterocycles. The van der Waals surface area contributed by atoms with Gasteiger partial charge in [0, 0.05) is 50.1 Å². The van der Waals surface area contributed by atoms with E-state index >= 15 is 0 Å². The number of amides is 2. The van der Waals surface area contributed by atoms with Gasteiger partial charge in [0.2, 0.25) is 5.91 Å². The Morgan fingerprint density at radius 3 is 2.25 bits per heavy atom. The molecule has 0 N–H and O–H groups in total. The third-order valence-electron chi connectivity index (χ3n) is 6.19. The van der Waals surface area contributed by atoms with E-state index in [0.29, 0.717) is 24.5 Å². The second-order valence-corrected chi connectivity index (χ2v) is 8.61. The highest BCUT2D eigenvalue weighted by atomic mass is 35.5. The Morgan fingerprint density at radius 1 is 1.04 bits per heavy atom. The number of carbonyl (C=O) groups excluding carboxylic acids is 2. The van der Waals surface area contributed by atoms with E-state index in [9.17, 15) is 9.59 Å². The van der Waals surface area contributed by atoms with Crippen LogP contribution in [0.5, 0.6) is 0 Å². The predicted molar refractivity (Wildman–Crippen MR) is 109 cm³/mol. The second kappa shape index (κ2) is 7.28. The van der Waals surface area contributed by atoms with Crippen LogP contribution in [0, 0.1) is 12.3 Å². The van der Waals surface area contributed by atoms with Gasteiger partial charge in [-0.3, -0.25) is 9.59 Å². The van der Waals surface area contributed by atoms with Gasteiger partial charge in [0.1, 0.15) is 0 Å². The van der Waals surface area contributed by atoms with Crippen molar-refractivity contribution < 1.29 is 9.59 Å². The van der Waals surface area contributed by atoms with Crippen molar-refractivity contribution >= 4 is 23.4 Å². The zero-order valence-corrected chi connectivity index (χ0v) is 17.2. The van der Waals surface area contributed by atoms with Crippen LogP contribution in [0.4, 0.5) is 0 Å². The standard InChI is InChI=1S/C22H26ClN3O2/c1-16-19(9-12-24(16)2)20(27)26-14-22(15-26,21(28)25-10-3-4-11-25)13-17-5-7-18(23)8-6-17/h5-9,12H,3-4,10-11,13-15H2,1-2H3. The van der Waals surface area contributed by atoms with Crippen molar-refractivity contribution in [3.05, 3.63) is 58.4 Å². The average Bonchev–Trinajstić information content (AvgIpc) is 3.29. The van der Waals surface area contributed by atoms with E-state index in [-0.39, 0.29) is 11.8 Å². The Morgan fingerprint density at radius 2 is 1.68 bits per heavy atom. The van der Waals surface area contributed by atoms with E-state index in [1.54, 1.807) is 0 Å². The molecule has 0 bridgehead atoms. The van der Waals surface area contributed by atoms with Crippen LogP contribution >= 0.6 is 11.6 Å². The van der Waals surface area contributed by atoms with Crippen molar-refractivity contribution in [1.29, 1.82) is 0 Å². The third kappa shape index (κ3) is 3.32. The summed E-state index contributed by atoms with van der Waals surface area (Å²) in [5.41, 5.74) is 2.22. The lowest BCUT2D eigenvalue weighted by Crippen LogP contribution is -2.65. The van der Waals surface area contributed by atoms with Crippen LogP contribution in [0.15, 0.2) is 36.5 Å². The van der Waals surface area contributed by atoms with Gasteiger partial charge in [-0.2, -0.15) is 0 Å². The first kappa shape index (κ1) is 19.1. The van der Waals surface area contributed by atoms with Gasteiger partial charge in [0.15, 0.2) is 0 Å². The molecule has 1 aromatic carbocycles. The molecule has 28 heavy (non-hydrogen) atoms.